The van der Waals surface area contributed by atoms with Crippen molar-refractivity contribution in [3.05, 3.63) is 65.2 Å². The second kappa shape index (κ2) is 14.0. The molecule has 0 aromatic heterocycles. The summed E-state index contributed by atoms with van der Waals surface area (Å²) in [7, 11) is 0. The van der Waals surface area contributed by atoms with E-state index in [9.17, 15) is 19.2 Å². The molecule has 0 aliphatic heterocycles. The van der Waals surface area contributed by atoms with Crippen LogP contribution in [0.5, 0.6) is 5.75 Å². The monoisotopic (exact) mass is 496 g/mol. The summed E-state index contributed by atoms with van der Waals surface area (Å²) in [6.45, 7) is 2.12. The van der Waals surface area contributed by atoms with Gasteiger partial charge < -0.3 is 9.47 Å². The molecule has 0 heterocycles. The van der Waals surface area contributed by atoms with Gasteiger partial charge in [0.15, 0.2) is 5.78 Å². The number of unbranched alkanes of at least 4 members (excludes halogenated alkanes) is 4. The smallest absolute Gasteiger partial charge is 0.431 e. The summed E-state index contributed by atoms with van der Waals surface area (Å²) in [5.74, 6) is -2.26. The van der Waals surface area contributed by atoms with Crippen LogP contribution in [0.2, 0.25) is 0 Å². The summed E-state index contributed by atoms with van der Waals surface area (Å²) in [5.41, 5.74) is 0.230. The molecular weight excluding hydrogens is 464 g/mol. The van der Waals surface area contributed by atoms with Crippen molar-refractivity contribution in [2.75, 3.05) is 0 Å². The minimum atomic E-state index is -1.08. The molecule has 8 nitrogen and oxygen atoms in total. The van der Waals surface area contributed by atoms with E-state index in [1.165, 1.54) is 30.3 Å². The first kappa shape index (κ1) is 26.9. The van der Waals surface area contributed by atoms with E-state index >= 15 is 0 Å². The summed E-state index contributed by atoms with van der Waals surface area (Å²) in [4.78, 5) is 59.3. The molecule has 2 aromatic carbocycles. The van der Waals surface area contributed by atoms with E-state index in [2.05, 4.69) is 11.8 Å². The highest BCUT2D eigenvalue weighted by molar-refractivity contribution is 6.01. The summed E-state index contributed by atoms with van der Waals surface area (Å²) in [6, 6.07) is 12.1. The largest absolute Gasteiger partial charge is 0.514 e. The third-order valence-electron chi connectivity index (χ3n) is 5.99. The summed E-state index contributed by atoms with van der Waals surface area (Å²) in [6.07, 6.45) is 7.56. The maximum absolute atomic E-state index is 12.8. The summed E-state index contributed by atoms with van der Waals surface area (Å²) >= 11 is 0. The van der Waals surface area contributed by atoms with Gasteiger partial charge in [0.2, 0.25) is 0 Å². The van der Waals surface area contributed by atoms with Crippen LogP contribution in [0, 0.1) is 0 Å². The van der Waals surface area contributed by atoms with Gasteiger partial charge in [0, 0.05) is 12.0 Å². The second-order valence-electron chi connectivity index (χ2n) is 8.78. The van der Waals surface area contributed by atoms with Crippen molar-refractivity contribution in [2.45, 2.75) is 77.2 Å². The van der Waals surface area contributed by atoms with E-state index in [1.807, 2.05) is 0 Å². The third-order valence-corrected chi connectivity index (χ3v) is 5.99. The van der Waals surface area contributed by atoms with Gasteiger partial charge in [-0.25, -0.2) is 24.2 Å². The molecule has 3 rings (SSSR count). The standard InChI is InChI=1S/C28H32O8/c1-2-3-4-5-9-16-24(29)21-17-18-25(34-28(32)33-22-14-10-11-15-22)23(19-21)27(31)36-35-26(30)20-12-7-6-8-13-20/h6-8,12-13,17-19,22H,2-5,9-11,14-16H2,1H3. The van der Waals surface area contributed by atoms with Gasteiger partial charge in [0.25, 0.3) is 0 Å². The van der Waals surface area contributed by atoms with Crippen molar-refractivity contribution in [1.29, 1.82) is 0 Å². The van der Waals surface area contributed by atoms with Crippen LogP contribution >= 0.6 is 0 Å². The molecule has 0 atom stereocenters. The molecule has 0 unspecified atom stereocenters. The Hall–Kier alpha value is -3.68. The lowest BCUT2D eigenvalue weighted by molar-refractivity contribution is -0.187. The number of hydrogen-bond acceptors (Lipinski definition) is 8. The zero-order valence-electron chi connectivity index (χ0n) is 20.5. The third kappa shape index (κ3) is 8.22. The Kier molecular flexibility index (Phi) is 10.5. The van der Waals surface area contributed by atoms with E-state index in [1.54, 1.807) is 18.2 Å². The summed E-state index contributed by atoms with van der Waals surface area (Å²) in [5, 5.41) is 0. The number of ketones is 1. The average Bonchev–Trinajstić information content (AvgIpc) is 3.40. The molecule has 0 radical (unpaired) electrons. The van der Waals surface area contributed by atoms with Gasteiger partial charge in [-0.3, -0.25) is 4.79 Å². The van der Waals surface area contributed by atoms with Crippen LogP contribution in [0.15, 0.2) is 48.5 Å². The molecule has 1 saturated carbocycles. The van der Waals surface area contributed by atoms with Crippen LogP contribution in [0.1, 0.15) is 102 Å². The van der Waals surface area contributed by atoms with Gasteiger partial charge in [-0.2, -0.15) is 0 Å². The molecular formula is C28H32O8. The minimum Gasteiger partial charge on any atom is -0.431 e. The molecule has 1 fully saturated rings. The van der Waals surface area contributed by atoms with Crippen molar-refractivity contribution in [1.82, 2.24) is 0 Å². The first-order valence-corrected chi connectivity index (χ1v) is 12.5. The van der Waals surface area contributed by atoms with E-state index < -0.39 is 18.1 Å². The van der Waals surface area contributed by atoms with Crippen LogP contribution in [-0.4, -0.2) is 30.0 Å². The highest BCUT2D eigenvalue weighted by Crippen LogP contribution is 2.26. The molecule has 0 bridgehead atoms. The van der Waals surface area contributed by atoms with Crippen molar-refractivity contribution in [2.24, 2.45) is 0 Å². The molecule has 0 saturated heterocycles. The van der Waals surface area contributed by atoms with Crippen molar-refractivity contribution < 1.29 is 38.4 Å². The molecule has 192 valence electrons. The van der Waals surface area contributed by atoms with Gasteiger partial charge in [0.05, 0.1) is 5.56 Å². The van der Waals surface area contributed by atoms with Crippen LogP contribution in [-0.2, 0) is 14.5 Å². The minimum absolute atomic E-state index is 0.151. The number of carbonyl (C=O) groups is 4. The van der Waals surface area contributed by atoms with Crippen LogP contribution in [0.25, 0.3) is 0 Å². The van der Waals surface area contributed by atoms with Crippen molar-refractivity contribution in [3.8, 4) is 5.75 Å². The molecule has 1 aliphatic carbocycles. The highest BCUT2D eigenvalue weighted by Gasteiger charge is 2.25. The molecule has 0 N–H and O–H groups in total. The van der Waals surface area contributed by atoms with E-state index in [0.717, 1.165) is 57.8 Å². The Labute approximate surface area is 210 Å². The normalized spacial score (nSPS) is 13.1. The first-order valence-electron chi connectivity index (χ1n) is 12.5. The Balaban J connectivity index is 1.70. The number of rotatable bonds is 11. The van der Waals surface area contributed by atoms with Crippen LogP contribution in [0.4, 0.5) is 4.79 Å². The second-order valence-corrected chi connectivity index (χ2v) is 8.78. The first-order chi connectivity index (χ1) is 17.5. The van der Waals surface area contributed by atoms with E-state index in [4.69, 9.17) is 14.4 Å². The Morgan fingerprint density at radius 2 is 1.50 bits per heavy atom. The fourth-order valence-corrected chi connectivity index (χ4v) is 3.98. The molecule has 0 spiro atoms. The molecule has 36 heavy (non-hydrogen) atoms. The molecule has 1 aliphatic rings. The van der Waals surface area contributed by atoms with Gasteiger partial charge in [-0.15, -0.1) is 0 Å². The quantitative estimate of drug-likeness (QED) is 0.0854. The van der Waals surface area contributed by atoms with E-state index in [-0.39, 0.29) is 34.3 Å². The van der Waals surface area contributed by atoms with Gasteiger partial charge in [-0.05, 0) is 62.4 Å². The van der Waals surface area contributed by atoms with Crippen molar-refractivity contribution >= 4 is 23.9 Å². The number of benzene rings is 2. The predicted molar refractivity (Wildman–Crippen MR) is 131 cm³/mol. The number of carbonyl (C=O) groups excluding carboxylic acids is 4. The SMILES string of the molecule is CCCCCCCC(=O)c1ccc(OC(=O)OC2CCCC2)c(C(=O)OOC(=O)c2ccccc2)c1. The number of ether oxygens (including phenoxy) is 2. The Morgan fingerprint density at radius 3 is 2.22 bits per heavy atom. The van der Waals surface area contributed by atoms with E-state index in [0.29, 0.717) is 6.42 Å². The zero-order chi connectivity index (χ0) is 25.8. The topological polar surface area (TPSA) is 105 Å². The van der Waals surface area contributed by atoms with Crippen molar-refractivity contribution in [3.63, 3.8) is 0 Å². The van der Waals surface area contributed by atoms with Gasteiger partial charge >= 0.3 is 18.1 Å². The molecule has 2 aromatic rings. The Morgan fingerprint density at radius 1 is 0.806 bits per heavy atom. The lowest BCUT2D eigenvalue weighted by atomic mass is 10.0. The lowest BCUT2D eigenvalue weighted by Gasteiger charge is -2.13. The average molecular weight is 497 g/mol. The fraction of sp³-hybridized carbons (Fsp3) is 0.429. The zero-order valence-corrected chi connectivity index (χ0v) is 20.5. The fourth-order valence-electron chi connectivity index (χ4n) is 3.98. The Bertz CT molecular complexity index is 1040. The van der Waals surface area contributed by atoms with Crippen LogP contribution < -0.4 is 4.74 Å². The molecule has 8 heteroatoms. The van der Waals surface area contributed by atoms with Gasteiger partial charge in [-0.1, -0.05) is 50.8 Å². The van der Waals surface area contributed by atoms with Crippen LogP contribution in [0.3, 0.4) is 0 Å². The molecule has 0 amide bonds. The lowest BCUT2D eigenvalue weighted by Crippen LogP contribution is -2.20. The predicted octanol–water partition coefficient (Wildman–Crippen LogP) is 6.62. The summed E-state index contributed by atoms with van der Waals surface area (Å²) < 4.78 is 10.6. The maximum atomic E-state index is 12.8. The number of hydrogen-bond donors (Lipinski definition) is 0. The number of Topliss-reactive ketones (excluding diaryl/α,β-unsaturated/α-hetero) is 1. The van der Waals surface area contributed by atoms with Gasteiger partial charge in [0.1, 0.15) is 17.4 Å². The highest BCUT2D eigenvalue weighted by atomic mass is 17.2. The maximum Gasteiger partial charge on any atom is 0.514 e.